The summed E-state index contributed by atoms with van der Waals surface area (Å²) in [4.78, 5) is 27.7. The highest BCUT2D eigenvalue weighted by Crippen LogP contribution is 2.35. The number of nitro groups is 1. The van der Waals surface area contributed by atoms with E-state index in [0.29, 0.717) is 31.4 Å². The van der Waals surface area contributed by atoms with Gasteiger partial charge in [-0.1, -0.05) is 15.9 Å². The molecule has 1 heterocycles. The van der Waals surface area contributed by atoms with Crippen LogP contribution in [0.15, 0.2) is 77.9 Å². The van der Waals surface area contributed by atoms with Crippen molar-refractivity contribution in [1.82, 2.24) is 9.66 Å². The molecule has 34 heavy (non-hydrogen) atoms. The van der Waals surface area contributed by atoms with Crippen LogP contribution in [0.5, 0.6) is 5.75 Å². The zero-order valence-electron chi connectivity index (χ0n) is 17.5. The molecule has 172 valence electrons. The molecule has 0 amide bonds. The number of hydrogen-bond acceptors (Lipinski definition) is 6. The van der Waals surface area contributed by atoms with Crippen LogP contribution in [0.1, 0.15) is 17.0 Å². The lowest BCUT2D eigenvalue weighted by Crippen LogP contribution is -2.20. The third kappa shape index (κ3) is 5.26. The number of halogens is 3. The maximum absolute atomic E-state index is 12.9. The lowest BCUT2D eigenvalue weighted by molar-refractivity contribution is -0.384. The zero-order chi connectivity index (χ0) is 24.4. The van der Waals surface area contributed by atoms with Gasteiger partial charge in [-0.15, -0.1) is 0 Å². The van der Waals surface area contributed by atoms with Crippen molar-refractivity contribution in [1.29, 1.82) is 0 Å². The van der Waals surface area contributed by atoms with Crippen molar-refractivity contribution in [2.24, 2.45) is 5.10 Å². The number of ether oxygens (including phenoxy) is 1. The maximum atomic E-state index is 12.9. The number of fused-ring (bicyclic) bond motifs is 1. The molecule has 3 aromatic carbocycles. The first-order valence-corrected chi connectivity index (χ1v) is 12.2. The van der Waals surface area contributed by atoms with Crippen molar-refractivity contribution in [2.45, 2.75) is 13.5 Å². The van der Waals surface area contributed by atoms with E-state index in [2.05, 4.69) is 57.9 Å². The highest BCUT2D eigenvalue weighted by Gasteiger charge is 2.11. The van der Waals surface area contributed by atoms with E-state index in [1.807, 2.05) is 18.2 Å². The molecule has 1 aromatic heterocycles. The van der Waals surface area contributed by atoms with Crippen molar-refractivity contribution in [3.05, 3.63) is 105 Å². The summed E-state index contributed by atoms with van der Waals surface area (Å²) < 4.78 is 9.29. The van der Waals surface area contributed by atoms with Crippen LogP contribution < -0.4 is 10.3 Å². The molecule has 0 N–H and O–H groups in total. The molecule has 0 radical (unpaired) electrons. The Morgan fingerprint density at radius 3 is 2.41 bits per heavy atom. The molecule has 0 saturated heterocycles. The van der Waals surface area contributed by atoms with Crippen LogP contribution in [0.2, 0.25) is 0 Å². The van der Waals surface area contributed by atoms with E-state index >= 15 is 0 Å². The summed E-state index contributed by atoms with van der Waals surface area (Å²) in [7, 11) is 0. The van der Waals surface area contributed by atoms with E-state index in [9.17, 15) is 14.9 Å². The number of nitrogens with zero attached hydrogens (tertiary/aromatic N) is 4. The minimum Gasteiger partial charge on any atom is -0.487 e. The predicted octanol–water partition coefficient (Wildman–Crippen LogP) is 6.36. The highest BCUT2D eigenvalue weighted by atomic mass is 79.9. The molecule has 0 unspecified atom stereocenters. The Kier molecular flexibility index (Phi) is 7.24. The summed E-state index contributed by atoms with van der Waals surface area (Å²) in [6, 6.07) is 15.1. The first-order valence-electron chi connectivity index (χ1n) is 9.81. The SMILES string of the molecule is Cc1nc2ccc(Br)cc2c(=O)n1N=Cc1cc(Br)c(OCc2ccc([N+](=O)[O-])cc2)c(Br)c1. The monoisotopic (exact) mass is 648 g/mol. The van der Waals surface area contributed by atoms with E-state index in [0.717, 1.165) is 15.6 Å². The third-order valence-corrected chi connectivity index (χ3v) is 6.51. The number of aromatic nitrogens is 2. The average molecular weight is 651 g/mol. The molecule has 8 nitrogen and oxygen atoms in total. The van der Waals surface area contributed by atoms with Crippen molar-refractivity contribution < 1.29 is 9.66 Å². The molecule has 0 bridgehead atoms. The molecule has 4 rings (SSSR count). The summed E-state index contributed by atoms with van der Waals surface area (Å²) in [5.41, 5.74) is 1.89. The Balaban J connectivity index is 1.56. The molecule has 0 atom stereocenters. The maximum Gasteiger partial charge on any atom is 0.282 e. The fourth-order valence-electron chi connectivity index (χ4n) is 3.18. The quantitative estimate of drug-likeness (QED) is 0.137. The summed E-state index contributed by atoms with van der Waals surface area (Å²) in [5, 5.41) is 15.6. The smallest absolute Gasteiger partial charge is 0.282 e. The molecule has 0 aliphatic heterocycles. The van der Waals surface area contributed by atoms with Gasteiger partial charge in [0.1, 0.15) is 18.2 Å². The molecular weight excluding hydrogens is 636 g/mol. The second-order valence-electron chi connectivity index (χ2n) is 7.21. The van der Waals surface area contributed by atoms with Crippen LogP contribution >= 0.6 is 47.8 Å². The predicted molar refractivity (Wildman–Crippen MR) is 141 cm³/mol. The van der Waals surface area contributed by atoms with E-state index < -0.39 is 4.92 Å². The van der Waals surface area contributed by atoms with Gasteiger partial charge in [0.25, 0.3) is 11.2 Å². The molecule has 0 aliphatic rings. The van der Waals surface area contributed by atoms with Crippen LogP contribution in [0.25, 0.3) is 10.9 Å². The van der Waals surface area contributed by atoms with Gasteiger partial charge in [0.05, 0.1) is 31.0 Å². The molecule has 0 spiro atoms. The number of aryl methyl sites for hydroxylation is 1. The molecular formula is C23H15Br3N4O4. The minimum absolute atomic E-state index is 0.0262. The van der Waals surface area contributed by atoms with E-state index in [-0.39, 0.29) is 17.9 Å². The second kappa shape index (κ2) is 10.2. The first kappa shape index (κ1) is 24.2. The third-order valence-electron chi connectivity index (χ3n) is 4.84. The van der Waals surface area contributed by atoms with Crippen LogP contribution in [0, 0.1) is 17.0 Å². The van der Waals surface area contributed by atoms with Crippen LogP contribution in [0.3, 0.4) is 0 Å². The topological polar surface area (TPSA) is 99.6 Å². The number of hydrogen-bond donors (Lipinski definition) is 0. The van der Waals surface area contributed by atoms with Gasteiger partial charge in [0.2, 0.25) is 0 Å². The lowest BCUT2D eigenvalue weighted by Gasteiger charge is -2.11. The van der Waals surface area contributed by atoms with Crippen LogP contribution in [0.4, 0.5) is 5.69 Å². The average Bonchev–Trinajstić information content (AvgIpc) is 2.79. The Labute approximate surface area is 218 Å². The zero-order valence-corrected chi connectivity index (χ0v) is 22.3. The van der Waals surface area contributed by atoms with E-state index in [1.54, 1.807) is 37.4 Å². The van der Waals surface area contributed by atoms with Gasteiger partial charge in [0.15, 0.2) is 0 Å². The Bertz CT molecular complexity index is 1480. The van der Waals surface area contributed by atoms with Gasteiger partial charge in [0, 0.05) is 16.6 Å². The molecule has 11 heteroatoms. The van der Waals surface area contributed by atoms with Gasteiger partial charge in [-0.25, -0.2) is 4.98 Å². The standard InChI is InChI=1S/C23H15Br3N4O4/c1-13-28-21-7-4-16(24)10-18(21)23(31)29(13)27-11-15-8-19(25)22(20(26)9-15)34-12-14-2-5-17(6-3-14)30(32)33/h2-11H,12H2,1H3. The van der Waals surface area contributed by atoms with Crippen molar-refractivity contribution in [3.63, 3.8) is 0 Å². The number of non-ortho nitro benzene ring substituents is 1. The van der Waals surface area contributed by atoms with Gasteiger partial charge in [-0.05, 0) is 92.4 Å². The Hall–Kier alpha value is -2.89. The Morgan fingerprint density at radius 1 is 1.09 bits per heavy atom. The summed E-state index contributed by atoms with van der Waals surface area (Å²) in [5.74, 6) is 1.04. The van der Waals surface area contributed by atoms with Crippen molar-refractivity contribution in [2.75, 3.05) is 0 Å². The first-order chi connectivity index (χ1) is 16.2. The fraction of sp³-hybridized carbons (Fsp3) is 0.0870. The number of rotatable bonds is 6. The van der Waals surface area contributed by atoms with Gasteiger partial charge >= 0.3 is 0 Å². The molecule has 0 saturated carbocycles. The van der Waals surface area contributed by atoms with E-state index in [1.165, 1.54) is 16.8 Å². The van der Waals surface area contributed by atoms with Gasteiger partial charge in [-0.2, -0.15) is 9.78 Å². The van der Waals surface area contributed by atoms with Gasteiger partial charge in [-0.3, -0.25) is 14.9 Å². The summed E-state index contributed by atoms with van der Waals surface area (Å²) in [6.45, 7) is 1.96. The fourth-order valence-corrected chi connectivity index (χ4v) is 4.99. The number of benzene rings is 3. The van der Waals surface area contributed by atoms with Gasteiger partial charge < -0.3 is 4.74 Å². The minimum atomic E-state index is -0.444. The van der Waals surface area contributed by atoms with Crippen molar-refractivity contribution in [3.8, 4) is 5.75 Å². The second-order valence-corrected chi connectivity index (χ2v) is 9.83. The van der Waals surface area contributed by atoms with Crippen LogP contribution in [-0.2, 0) is 6.61 Å². The largest absolute Gasteiger partial charge is 0.487 e. The van der Waals surface area contributed by atoms with Crippen LogP contribution in [-0.4, -0.2) is 20.8 Å². The lowest BCUT2D eigenvalue weighted by atomic mass is 10.2. The van der Waals surface area contributed by atoms with E-state index in [4.69, 9.17) is 4.74 Å². The molecule has 0 aliphatic carbocycles. The summed E-state index contributed by atoms with van der Waals surface area (Å²) >= 11 is 10.4. The number of nitro benzene ring substituents is 1. The molecule has 0 fully saturated rings. The highest BCUT2D eigenvalue weighted by molar-refractivity contribution is 9.11. The van der Waals surface area contributed by atoms with Crippen molar-refractivity contribution >= 4 is 70.6 Å². The normalized spacial score (nSPS) is 11.3. The Morgan fingerprint density at radius 2 is 1.76 bits per heavy atom. The molecule has 4 aromatic rings. The summed E-state index contributed by atoms with van der Waals surface area (Å²) in [6.07, 6.45) is 1.57.